The molecule has 7 heteroatoms. The van der Waals surface area contributed by atoms with Crippen LogP contribution in [-0.4, -0.2) is 29.5 Å². The van der Waals surface area contributed by atoms with Crippen LogP contribution in [0.5, 0.6) is 5.75 Å². The number of rotatable bonds is 6. The molecule has 1 heterocycles. The molecular formula is C21H20FN5O. The van der Waals surface area contributed by atoms with E-state index in [1.165, 1.54) is 12.1 Å². The van der Waals surface area contributed by atoms with Crippen LogP contribution in [0.25, 0.3) is 16.9 Å². The Morgan fingerprint density at radius 3 is 2.64 bits per heavy atom. The molecule has 4 rings (SSSR count). The van der Waals surface area contributed by atoms with Gasteiger partial charge in [0.25, 0.3) is 0 Å². The second-order valence-corrected chi connectivity index (χ2v) is 6.87. The Hall–Kier alpha value is -3.37. The first-order valence-corrected chi connectivity index (χ1v) is 9.03. The van der Waals surface area contributed by atoms with Crippen LogP contribution < -0.4 is 15.8 Å². The molecule has 6 nitrogen and oxygen atoms in total. The van der Waals surface area contributed by atoms with Crippen LogP contribution in [0.4, 0.5) is 10.2 Å². The third-order valence-electron chi connectivity index (χ3n) is 4.93. The number of benzene rings is 2. The number of anilines is 1. The van der Waals surface area contributed by atoms with E-state index in [0.717, 1.165) is 30.1 Å². The van der Waals surface area contributed by atoms with Crippen molar-refractivity contribution < 1.29 is 9.13 Å². The Labute approximate surface area is 162 Å². The van der Waals surface area contributed by atoms with E-state index in [1.54, 1.807) is 17.9 Å². The summed E-state index contributed by atoms with van der Waals surface area (Å²) in [6.45, 7) is 0.752. The van der Waals surface area contributed by atoms with Crippen molar-refractivity contribution in [2.75, 3.05) is 19.0 Å². The van der Waals surface area contributed by atoms with E-state index in [-0.39, 0.29) is 11.6 Å². The summed E-state index contributed by atoms with van der Waals surface area (Å²) in [6.07, 6.45) is 1.01. The summed E-state index contributed by atoms with van der Waals surface area (Å²) in [5.74, 6) is 1.33. The van der Waals surface area contributed by atoms with Gasteiger partial charge in [0.1, 0.15) is 23.5 Å². The molecule has 0 unspecified atom stereocenters. The smallest absolute Gasteiger partial charge is 0.149 e. The zero-order valence-corrected chi connectivity index (χ0v) is 15.4. The number of nitrogens with two attached hydrogens (primary N) is 1. The summed E-state index contributed by atoms with van der Waals surface area (Å²) in [7, 11) is 1.61. The molecule has 1 aromatic heterocycles. The summed E-state index contributed by atoms with van der Waals surface area (Å²) >= 11 is 0. The second-order valence-electron chi connectivity index (χ2n) is 6.87. The highest BCUT2D eigenvalue weighted by Gasteiger charge is 2.33. The van der Waals surface area contributed by atoms with Gasteiger partial charge in [0.05, 0.1) is 24.1 Å². The van der Waals surface area contributed by atoms with Gasteiger partial charge in [-0.25, -0.2) is 9.07 Å². The number of halogens is 1. The standard InChI is InChI=1S/C21H20FN5O/c1-28-17-6-4-16(5-7-17)27-20(13-2-3-14(11-23)18(22)8-13)10-21(26-27)25-12-15-9-19(15)24/h2-8,10,15,19H,9,12,24H2,1H3,(H,25,26)/t15-,19+/m0/s1. The molecule has 3 N–H and O–H groups in total. The van der Waals surface area contributed by atoms with E-state index >= 15 is 0 Å². The molecule has 0 bridgehead atoms. The number of hydrogen-bond acceptors (Lipinski definition) is 5. The Bertz CT molecular complexity index is 1040. The Morgan fingerprint density at radius 1 is 1.29 bits per heavy atom. The monoisotopic (exact) mass is 377 g/mol. The van der Waals surface area contributed by atoms with Crippen molar-refractivity contribution in [2.24, 2.45) is 11.7 Å². The average molecular weight is 377 g/mol. The van der Waals surface area contributed by atoms with Crippen LogP contribution in [-0.2, 0) is 0 Å². The third-order valence-corrected chi connectivity index (χ3v) is 4.93. The van der Waals surface area contributed by atoms with Gasteiger partial charge < -0.3 is 15.8 Å². The molecule has 0 aliphatic heterocycles. The lowest BCUT2D eigenvalue weighted by molar-refractivity contribution is 0.414. The average Bonchev–Trinajstić information content (AvgIpc) is 3.26. The lowest BCUT2D eigenvalue weighted by Crippen LogP contribution is -2.11. The van der Waals surface area contributed by atoms with Crippen LogP contribution in [0.2, 0.25) is 0 Å². The zero-order valence-electron chi connectivity index (χ0n) is 15.4. The van der Waals surface area contributed by atoms with E-state index in [4.69, 9.17) is 15.7 Å². The van der Waals surface area contributed by atoms with E-state index in [9.17, 15) is 4.39 Å². The maximum absolute atomic E-state index is 14.2. The maximum Gasteiger partial charge on any atom is 0.149 e. The lowest BCUT2D eigenvalue weighted by Gasteiger charge is -2.09. The fourth-order valence-electron chi connectivity index (χ4n) is 3.10. The van der Waals surface area contributed by atoms with Crippen LogP contribution in [0.1, 0.15) is 12.0 Å². The highest BCUT2D eigenvalue weighted by molar-refractivity contribution is 5.67. The molecule has 0 spiro atoms. The second kappa shape index (κ2) is 7.33. The molecule has 0 saturated heterocycles. The third kappa shape index (κ3) is 3.55. The minimum Gasteiger partial charge on any atom is -0.497 e. The first kappa shape index (κ1) is 18.0. The molecule has 1 saturated carbocycles. The van der Waals surface area contributed by atoms with Gasteiger partial charge in [-0.05, 0) is 48.7 Å². The highest BCUT2D eigenvalue weighted by Crippen LogP contribution is 2.30. The van der Waals surface area contributed by atoms with E-state index in [1.807, 2.05) is 36.4 Å². The summed E-state index contributed by atoms with van der Waals surface area (Å²) in [4.78, 5) is 0. The predicted molar refractivity (Wildman–Crippen MR) is 105 cm³/mol. The number of nitrogens with zero attached hydrogens (tertiary/aromatic N) is 3. The Kier molecular flexibility index (Phi) is 4.72. The normalized spacial score (nSPS) is 17.8. The van der Waals surface area contributed by atoms with Gasteiger partial charge in [-0.2, -0.15) is 5.26 Å². The topological polar surface area (TPSA) is 88.9 Å². The maximum atomic E-state index is 14.2. The molecule has 0 radical (unpaired) electrons. The number of ether oxygens (including phenoxy) is 1. The van der Waals surface area contributed by atoms with Crippen molar-refractivity contribution in [3.05, 3.63) is 59.9 Å². The summed E-state index contributed by atoms with van der Waals surface area (Å²) in [6, 6.07) is 16.0. The van der Waals surface area contributed by atoms with Gasteiger partial charge in [-0.3, -0.25) is 0 Å². The van der Waals surface area contributed by atoms with Crippen molar-refractivity contribution in [1.29, 1.82) is 5.26 Å². The summed E-state index contributed by atoms with van der Waals surface area (Å²) < 4.78 is 21.1. The van der Waals surface area contributed by atoms with E-state index in [2.05, 4.69) is 10.4 Å². The number of methoxy groups -OCH3 is 1. The van der Waals surface area contributed by atoms with Gasteiger partial charge in [0, 0.05) is 24.2 Å². The molecule has 3 aromatic rings. The molecule has 0 amide bonds. The van der Waals surface area contributed by atoms with Gasteiger partial charge in [-0.1, -0.05) is 6.07 Å². The van der Waals surface area contributed by atoms with E-state index in [0.29, 0.717) is 17.3 Å². The van der Waals surface area contributed by atoms with Crippen molar-refractivity contribution in [1.82, 2.24) is 9.78 Å². The summed E-state index contributed by atoms with van der Waals surface area (Å²) in [5.41, 5.74) is 8.06. The van der Waals surface area contributed by atoms with Gasteiger partial charge in [0.2, 0.25) is 0 Å². The Balaban J connectivity index is 1.72. The molecule has 142 valence electrons. The van der Waals surface area contributed by atoms with Crippen LogP contribution in [0, 0.1) is 23.1 Å². The molecule has 2 aromatic carbocycles. The number of hydrogen-bond donors (Lipinski definition) is 2. The van der Waals surface area contributed by atoms with Crippen molar-refractivity contribution in [2.45, 2.75) is 12.5 Å². The Morgan fingerprint density at radius 2 is 2.04 bits per heavy atom. The lowest BCUT2D eigenvalue weighted by atomic mass is 10.1. The summed E-state index contributed by atoms with van der Waals surface area (Å²) in [5, 5.41) is 16.9. The first-order valence-electron chi connectivity index (χ1n) is 9.03. The SMILES string of the molecule is COc1ccc(-n2nc(NC[C@@H]3C[C@H]3N)cc2-c2ccc(C#N)c(F)c2)cc1. The van der Waals surface area contributed by atoms with Crippen molar-refractivity contribution in [3.63, 3.8) is 0 Å². The number of aromatic nitrogens is 2. The molecule has 1 fully saturated rings. The van der Waals surface area contributed by atoms with E-state index < -0.39 is 5.82 Å². The molecule has 2 atom stereocenters. The fourth-order valence-corrected chi connectivity index (χ4v) is 3.10. The van der Waals surface area contributed by atoms with Crippen molar-refractivity contribution >= 4 is 5.82 Å². The quantitative estimate of drug-likeness (QED) is 0.688. The first-order chi connectivity index (χ1) is 13.6. The largest absolute Gasteiger partial charge is 0.497 e. The zero-order chi connectivity index (χ0) is 19.7. The van der Waals surface area contributed by atoms with Crippen LogP contribution in [0.15, 0.2) is 48.5 Å². The van der Waals surface area contributed by atoms with Gasteiger partial charge >= 0.3 is 0 Å². The van der Waals surface area contributed by atoms with Crippen LogP contribution in [0.3, 0.4) is 0 Å². The van der Waals surface area contributed by atoms with Crippen LogP contribution >= 0.6 is 0 Å². The molecule has 28 heavy (non-hydrogen) atoms. The fraction of sp³-hybridized carbons (Fsp3) is 0.238. The van der Waals surface area contributed by atoms with Gasteiger partial charge in [0.15, 0.2) is 0 Å². The predicted octanol–water partition coefficient (Wildman–Crippen LogP) is 3.32. The molecule has 1 aliphatic carbocycles. The van der Waals surface area contributed by atoms with Gasteiger partial charge in [-0.15, -0.1) is 5.10 Å². The molecular weight excluding hydrogens is 357 g/mol. The number of nitrogens with one attached hydrogen (secondary N) is 1. The number of nitriles is 1. The minimum absolute atomic E-state index is 0.0142. The van der Waals surface area contributed by atoms with Crippen molar-refractivity contribution in [3.8, 4) is 28.8 Å². The minimum atomic E-state index is -0.555. The highest BCUT2D eigenvalue weighted by atomic mass is 19.1. The molecule has 1 aliphatic rings.